The van der Waals surface area contributed by atoms with Crippen molar-refractivity contribution in [3.63, 3.8) is 0 Å². The molecule has 192 valence electrons. The topological polar surface area (TPSA) is 119 Å². The van der Waals surface area contributed by atoms with Crippen LogP contribution in [0, 0.1) is 11.6 Å². The molecule has 1 aromatic heterocycles. The SMILES string of the molecule is C=CC(=O)Nc1cccc(CN2CCC(NC(=O)c3[nH]ncc3NC(=O)c3c(F)cccc3F)CC2)c1. The third-order valence-corrected chi connectivity index (χ3v) is 6.01. The third kappa shape index (κ3) is 6.44. The molecule has 1 aliphatic heterocycles. The molecule has 37 heavy (non-hydrogen) atoms. The van der Waals surface area contributed by atoms with E-state index in [2.05, 4.69) is 37.6 Å². The maximum atomic E-state index is 13.9. The summed E-state index contributed by atoms with van der Waals surface area (Å²) < 4.78 is 27.8. The van der Waals surface area contributed by atoms with Gasteiger partial charge in [0.1, 0.15) is 22.9 Å². The molecule has 1 fully saturated rings. The maximum Gasteiger partial charge on any atom is 0.271 e. The summed E-state index contributed by atoms with van der Waals surface area (Å²) in [6.07, 6.45) is 3.83. The van der Waals surface area contributed by atoms with Gasteiger partial charge in [-0.1, -0.05) is 24.8 Å². The number of hydrogen-bond acceptors (Lipinski definition) is 5. The molecular weight excluding hydrogens is 482 g/mol. The summed E-state index contributed by atoms with van der Waals surface area (Å²) in [7, 11) is 0. The first-order valence-electron chi connectivity index (χ1n) is 11.7. The van der Waals surface area contributed by atoms with Gasteiger partial charge in [0.05, 0.1) is 11.9 Å². The van der Waals surface area contributed by atoms with Crippen molar-refractivity contribution in [1.82, 2.24) is 20.4 Å². The first-order chi connectivity index (χ1) is 17.8. The van der Waals surface area contributed by atoms with E-state index in [0.29, 0.717) is 25.1 Å². The van der Waals surface area contributed by atoms with Gasteiger partial charge in [0.25, 0.3) is 11.8 Å². The number of rotatable bonds is 8. The number of H-pyrrole nitrogens is 1. The molecule has 3 amide bonds. The minimum Gasteiger partial charge on any atom is -0.348 e. The summed E-state index contributed by atoms with van der Waals surface area (Å²) in [6.45, 7) is 5.63. The number of aromatic nitrogens is 2. The number of nitrogens with zero attached hydrogens (tertiary/aromatic N) is 2. The van der Waals surface area contributed by atoms with Crippen LogP contribution >= 0.6 is 0 Å². The van der Waals surface area contributed by atoms with Crippen molar-refractivity contribution in [3.05, 3.63) is 89.8 Å². The highest BCUT2D eigenvalue weighted by molar-refractivity contribution is 6.08. The van der Waals surface area contributed by atoms with Crippen molar-refractivity contribution in [3.8, 4) is 0 Å². The van der Waals surface area contributed by atoms with Gasteiger partial charge in [-0.2, -0.15) is 5.10 Å². The molecule has 4 rings (SSSR count). The highest BCUT2D eigenvalue weighted by atomic mass is 19.1. The van der Waals surface area contributed by atoms with Crippen LogP contribution in [0.25, 0.3) is 0 Å². The van der Waals surface area contributed by atoms with Gasteiger partial charge in [-0.3, -0.25) is 24.4 Å². The molecule has 9 nitrogen and oxygen atoms in total. The summed E-state index contributed by atoms with van der Waals surface area (Å²) in [4.78, 5) is 39.0. The van der Waals surface area contributed by atoms with Gasteiger partial charge >= 0.3 is 0 Å². The molecule has 3 aromatic rings. The molecule has 0 aliphatic carbocycles. The third-order valence-electron chi connectivity index (χ3n) is 6.01. The molecule has 2 aromatic carbocycles. The van der Waals surface area contributed by atoms with Crippen LogP contribution in [0.1, 0.15) is 39.3 Å². The van der Waals surface area contributed by atoms with E-state index in [9.17, 15) is 23.2 Å². The highest BCUT2D eigenvalue weighted by Crippen LogP contribution is 2.20. The van der Waals surface area contributed by atoms with Crippen molar-refractivity contribution >= 4 is 29.1 Å². The van der Waals surface area contributed by atoms with E-state index in [1.54, 1.807) is 0 Å². The van der Waals surface area contributed by atoms with Gasteiger partial charge in [0, 0.05) is 31.4 Å². The Balaban J connectivity index is 1.30. The molecule has 0 bridgehead atoms. The standard InChI is InChI=1S/C26H26F2N6O3/c1-2-22(35)30-18-6-3-5-16(13-18)15-34-11-9-17(10-12-34)31-26(37)24-21(14-29-33-24)32-25(36)23-19(27)7-4-8-20(23)28/h2-8,13-14,17H,1,9-12,15H2,(H,29,33)(H,30,35)(H,31,37)(H,32,36). The van der Waals surface area contributed by atoms with Crippen molar-refractivity contribution in [2.24, 2.45) is 0 Å². The molecule has 1 saturated heterocycles. The molecule has 0 unspecified atom stereocenters. The quantitative estimate of drug-likeness (QED) is 0.348. The fraction of sp³-hybridized carbons (Fsp3) is 0.231. The van der Waals surface area contributed by atoms with Crippen LogP contribution < -0.4 is 16.0 Å². The second-order valence-corrected chi connectivity index (χ2v) is 8.63. The molecule has 0 saturated carbocycles. The molecule has 0 atom stereocenters. The minimum atomic E-state index is -1.02. The summed E-state index contributed by atoms with van der Waals surface area (Å²) in [6, 6.07) is 10.6. The number of hydrogen-bond donors (Lipinski definition) is 4. The summed E-state index contributed by atoms with van der Waals surface area (Å²) in [5.74, 6) is -3.79. The van der Waals surface area contributed by atoms with Gasteiger partial charge in [-0.15, -0.1) is 0 Å². The molecule has 0 spiro atoms. The summed E-state index contributed by atoms with van der Waals surface area (Å²) in [5.41, 5.74) is 1.02. The Morgan fingerprint density at radius 3 is 2.46 bits per heavy atom. The van der Waals surface area contributed by atoms with Crippen molar-refractivity contribution < 1.29 is 23.2 Å². The van der Waals surface area contributed by atoms with Gasteiger partial charge in [0.2, 0.25) is 5.91 Å². The van der Waals surface area contributed by atoms with Crippen LogP contribution in [0.5, 0.6) is 0 Å². The van der Waals surface area contributed by atoms with Gasteiger partial charge in [-0.25, -0.2) is 8.78 Å². The smallest absolute Gasteiger partial charge is 0.271 e. The lowest BCUT2D eigenvalue weighted by atomic mass is 10.0. The normalized spacial score (nSPS) is 14.1. The highest BCUT2D eigenvalue weighted by Gasteiger charge is 2.25. The number of piperidine rings is 1. The monoisotopic (exact) mass is 508 g/mol. The first-order valence-corrected chi connectivity index (χ1v) is 11.7. The van der Waals surface area contributed by atoms with Crippen molar-refractivity contribution in [1.29, 1.82) is 0 Å². The Bertz CT molecular complexity index is 1300. The predicted molar refractivity (Wildman–Crippen MR) is 134 cm³/mol. The van der Waals surface area contributed by atoms with E-state index in [1.807, 2.05) is 24.3 Å². The Labute approximate surface area is 211 Å². The minimum absolute atomic E-state index is 0.00841. The number of halogens is 2. The van der Waals surface area contributed by atoms with E-state index < -0.39 is 29.0 Å². The second kappa shape index (κ2) is 11.6. The van der Waals surface area contributed by atoms with E-state index in [-0.39, 0.29) is 23.3 Å². The zero-order valence-electron chi connectivity index (χ0n) is 19.9. The van der Waals surface area contributed by atoms with Crippen LogP contribution in [0.4, 0.5) is 20.2 Å². The molecule has 0 radical (unpaired) electrons. The molecule has 4 N–H and O–H groups in total. The first kappa shape index (κ1) is 25.7. The second-order valence-electron chi connectivity index (χ2n) is 8.63. The Morgan fingerprint density at radius 2 is 1.76 bits per heavy atom. The number of anilines is 2. The number of carbonyl (C=O) groups excluding carboxylic acids is 3. The van der Waals surface area contributed by atoms with Gasteiger partial charge in [-0.05, 0) is 48.7 Å². The fourth-order valence-electron chi connectivity index (χ4n) is 4.15. The maximum absolute atomic E-state index is 13.9. The van der Waals surface area contributed by atoms with Gasteiger partial charge < -0.3 is 16.0 Å². The zero-order valence-corrected chi connectivity index (χ0v) is 19.9. The summed E-state index contributed by atoms with van der Waals surface area (Å²) >= 11 is 0. The lowest BCUT2D eigenvalue weighted by Gasteiger charge is -2.32. The molecule has 2 heterocycles. The fourth-order valence-corrected chi connectivity index (χ4v) is 4.15. The average molecular weight is 509 g/mol. The van der Waals surface area contributed by atoms with Crippen LogP contribution in [-0.2, 0) is 11.3 Å². The van der Waals surface area contributed by atoms with Crippen LogP contribution in [0.2, 0.25) is 0 Å². The Morgan fingerprint density at radius 1 is 1.05 bits per heavy atom. The number of likely N-dealkylation sites (tertiary alicyclic amines) is 1. The average Bonchev–Trinajstić information content (AvgIpc) is 3.33. The van der Waals surface area contributed by atoms with E-state index in [0.717, 1.165) is 36.9 Å². The van der Waals surface area contributed by atoms with Crippen molar-refractivity contribution in [2.75, 3.05) is 23.7 Å². The zero-order chi connectivity index (χ0) is 26.4. The number of amides is 3. The number of benzene rings is 2. The molecule has 1 aliphatic rings. The largest absolute Gasteiger partial charge is 0.348 e. The lowest BCUT2D eigenvalue weighted by molar-refractivity contribution is -0.111. The molecular formula is C26H26F2N6O3. The predicted octanol–water partition coefficient (Wildman–Crippen LogP) is 3.46. The van der Waals surface area contributed by atoms with E-state index in [1.165, 1.54) is 12.3 Å². The lowest BCUT2D eigenvalue weighted by Crippen LogP contribution is -2.44. The number of aromatic amines is 1. The van der Waals surface area contributed by atoms with Crippen LogP contribution in [0.3, 0.4) is 0 Å². The number of carbonyl (C=O) groups is 3. The summed E-state index contributed by atoms with van der Waals surface area (Å²) in [5, 5.41) is 14.3. The molecule has 11 heteroatoms. The van der Waals surface area contributed by atoms with Crippen molar-refractivity contribution in [2.45, 2.75) is 25.4 Å². The van der Waals surface area contributed by atoms with E-state index >= 15 is 0 Å². The van der Waals surface area contributed by atoms with Crippen LogP contribution in [-0.4, -0.2) is 52.0 Å². The van der Waals surface area contributed by atoms with Gasteiger partial charge in [0.15, 0.2) is 0 Å². The van der Waals surface area contributed by atoms with Crippen LogP contribution in [0.15, 0.2) is 61.3 Å². The Kier molecular flexibility index (Phi) is 8.04. The number of nitrogens with one attached hydrogen (secondary N) is 4. The van der Waals surface area contributed by atoms with E-state index in [4.69, 9.17) is 0 Å². The Hall–Kier alpha value is -4.38.